The number of nitro groups is 1. The molecule has 1 aromatic rings. The van der Waals surface area contributed by atoms with Gasteiger partial charge >= 0.3 is 0 Å². The Balaban J connectivity index is 2.26. The second-order valence-corrected chi connectivity index (χ2v) is 5.35. The number of phenolic OH excluding ortho intramolecular Hbond substituents is 1. The fourth-order valence-corrected chi connectivity index (χ4v) is 2.73. The largest absolute Gasteiger partial charge is 0.505 e. The van der Waals surface area contributed by atoms with Gasteiger partial charge < -0.3 is 15.2 Å². The Hall–Kier alpha value is -2.15. The molecule has 0 bridgehead atoms. The van der Waals surface area contributed by atoms with E-state index < -0.39 is 10.8 Å². The number of rotatable bonds is 3. The van der Waals surface area contributed by atoms with Crippen molar-refractivity contribution in [3.8, 4) is 5.75 Å². The first-order chi connectivity index (χ1) is 9.82. The van der Waals surface area contributed by atoms with Crippen molar-refractivity contribution in [2.24, 2.45) is 11.8 Å². The zero-order chi connectivity index (χ0) is 15.7. The number of carbonyl (C=O) groups excluding carboxylic acids is 1. The summed E-state index contributed by atoms with van der Waals surface area (Å²) in [6, 6.07) is 3.88. The summed E-state index contributed by atoms with van der Waals surface area (Å²) >= 11 is 0. The Morgan fingerprint density at radius 2 is 2.00 bits per heavy atom. The highest BCUT2D eigenvalue weighted by molar-refractivity contribution is 5.97. The molecule has 114 valence electrons. The van der Waals surface area contributed by atoms with Crippen molar-refractivity contribution >= 4 is 17.3 Å². The minimum atomic E-state index is -0.643. The van der Waals surface area contributed by atoms with Gasteiger partial charge in [-0.3, -0.25) is 14.9 Å². The Bertz CT molecular complexity index is 574. The number of hydrogen-bond donors (Lipinski definition) is 2. The van der Waals surface area contributed by atoms with Crippen molar-refractivity contribution in [3.05, 3.63) is 28.3 Å². The predicted molar refractivity (Wildman–Crippen MR) is 76.1 cm³/mol. The second-order valence-electron chi connectivity index (χ2n) is 5.35. The molecule has 1 fully saturated rings. The number of ether oxygens (including phenoxy) is 1. The average Bonchev–Trinajstić information content (AvgIpc) is 2.65. The molecule has 1 aliphatic rings. The molecule has 1 aromatic carbocycles. The van der Waals surface area contributed by atoms with Crippen molar-refractivity contribution in [3.63, 3.8) is 0 Å². The van der Waals surface area contributed by atoms with Crippen molar-refractivity contribution in [1.82, 2.24) is 0 Å². The minimum Gasteiger partial charge on any atom is -0.505 e. The van der Waals surface area contributed by atoms with Gasteiger partial charge in [0.1, 0.15) is 5.75 Å². The van der Waals surface area contributed by atoms with Gasteiger partial charge in [0.05, 0.1) is 23.0 Å². The molecule has 1 heterocycles. The van der Waals surface area contributed by atoms with Gasteiger partial charge in [-0.1, -0.05) is 13.0 Å². The van der Waals surface area contributed by atoms with Crippen LogP contribution in [0.2, 0.25) is 0 Å². The molecule has 0 saturated carbocycles. The third-order valence-corrected chi connectivity index (χ3v) is 4.01. The molecular weight excluding hydrogens is 276 g/mol. The number of hydrogen-bond acceptors (Lipinski definition) is 5. The minimum absolute atomic E-state index is 0.00934. The van der Waals surface area contributed by atoms with Crippen LogP contribution in [0, 0.1) is 22.0 Å². The number of benzene rings is 1. The maximum Gasteiger partial charge on any atom is 0.296 e. The van der Waals surface area contributed by atoms with E-state index in [0.717, 1.165) is 0 Å². The van der Waals surface area contributed by atoms with Gasteiger partial charge in [-0.2, -0.15) is 0 Å². The molecule has 0 aromatic heterocycles. The molecule has 2 N–H and O–H groups in total. The van der Waals surface area contributed by atoms with Gasteiger partial charge in [-0.05, 0) is 25.8 Å². The van der Waals surface area contributed by atoms with Gasteiger partial charge in [0.15, 0.2) is 5.69 Å². The highest BCUT2D eigenvalue weighted by Gasteiger charge is 2.42. The van der Waals surface area contributed by atoms with Crippen LogP contribution in [0.25, 0.3) is 0 Å². The fourth-order valence-electron chi connectivity index (χ4n) is 2.73. The lowest BCUT2D eigenvalue weighted by molar-refractivity contribution is -0.384. The van der Waals surface area contributed by atoms with Crippen LogP contribution in [0.5, 0.6) is 5.75 Å². The molecule has 2 rings (SSSR count). The second kappa shape index (κ2) is 5.69. The molecule has 1 amide bonds. The number of nitrogens with zero attached hydrogens (tertiary/aromatic N) is 1. The van der Waals surface area contributed by atoms with E-state index in [4.69, 9.17) is 4.74 Å². The molecule has 0 aliphatic carbocycles. The summed E-state index contributed by atoms with van der Waals surface area (Å²) < 4.78 is 5.60. The fraction of sp³-hybridized carbons (Fsp3) is 0.500. The number of anilines is 1. The third kappa shape index (κ3) is 2.82. The van der Waals surface area contributed by atoms with Crippen molar-refractivity contribution < 1.29 is 19.6 Å². The number of amides is 1. The maximum atomic E-state index is 12.4. The van der Waals surface area contributed by atoms with E-state index in [9.17, 15) is 20.0 Å². The molecule has 1 aliphatic heterocycles. The van der Waals surface area contributed by atoms with E-state index in [1.54, 1.807) is 6.92 Å². The summed E-state index contributed by atoms with van der Waals surface area (Å²) in [4.78, 5) is 22.7. The lowest BCUT2D eigenvalue weighted by atomic mass is 9.89. The molecule has 0 spiro atoms. The van der Waals surface area contributed by atoms with Crippen LogP contribution in [0.4, 0.5) is 11.4 Å². The molecule has 4 atom stereocenters. The number of para-hydroxylation sites is 1. The normalized spacial score (nSPS) is 28.3. The first kappa shape index (κ1) is 15.2. The number of nitro benzene ring substituents is 1. The summed E-state index contributed by atoms with van der Waals surface area (Å²) in [5, 5.41) is 23.2. The van der Waals surface area contributed by atoms with Crippen LogP contribution in [-0.2, 0) is 9.53 Å². The van der Waals surface area contributed by atoms with Gasteiger partial charge in [0.25, 0.3) is 5.69 Å². The third-order valence-electron chi connectivity index (χ3n) is 4.01. The van der Waals surface area contributed by atoms with Crippen LogP contribution in [0.3, 0.4) is 0 Å². The van der Waals surface area contributed by atoms with E-state index in [2.05, 4.69) is 5.32 Å². The number of aromatic hydroxyl groups is 1. The summed E-state index contributed by atoms with van der Waals surface area (Å²) in [6.07, 6.45) is -0.338. The van der Waals surface area contributed by atoms with Gasteiger partial charge in [-0.15, -0.1) is 0 Å². The lowest BCUT2D eigenvalue weighted by Crippen LogP contribution is -2.32. The highest BCUT2D eigenvalue weighted by atomic mass is 16.6. The average molecular weight is 294 g/mol. The quantitative estimate of drug-likeness (QED) is 0.506. The SMILES string of the molecule is CC1OC(C)C(C(=O)Nc2c(O)cccc2[N+](=O)[O-])C1C. The Morgan fingerprint density at radius 3 is 2.52 bits per heavy atom. The lowest BCUT2D eigenvalue weighted by Gasteiger charge is -2.18. The summed E-state index contributed by atoms with van der Waals surface area (Å²) in [6.45, 7) is 5.58. The van der Waals surface area contributed by atoms with E-state index in [0.29, 0.717) is 0 Å². The van der Waals surface area contributed by atoms with E-state index in [1.807, 2.05) is 13.8 Å². The molecule has 7 nitrogen and oxygen atoms in total. The zero-order valence-electron chi connectivity index (χ0n) is 12.1. The van der Waals surface area contributed by atoms with Gasteiger partial charge in [0, 0.05) is 6.07 Å². The molecule has 0 radical (unpaired) electrons. The van der Waals surface area contributed by atoms with Crippen LogP contribution < -0.4 is 5.32 Å². The number of phenols is 1. The first-order valence-electron chi connectivity index (χ1n) is 6.75. The molecule has 7 heteroatoms. The van der Waals surface area contributed by atoms with Crippen molar-refractivity contribution in [1.29, 1.82) is 0 Å². The Morgan fingerprint density at radius 1 is 1.33 bits per heavy atom. The van der Waals surface area contributed by atoms with Crippen molar-refractivity contribution in [2.45, 2.75) is 33.0 Å². The van der Waals surface area contributed by atoms with Crippen LogP contribution in [-0.4, -0.2) is 28.1 Å². The van der Waals surface area contributed by atoms with E-state index >= 15 is 0 Å². The Labute approximate surface area is 122 Å². The molecule has 1 saturated heterocycles. The predicted octanol–water partition coefficient (Wildman–Crippen LogP) is 2.30. The summed E-state index contributed by atoms with van der Waals surface area (Å²) in [5.74, 6) is -1.14. The zero-order valence-corrected chi connectivity index (χ0v) is 12.1. The molecular formula is C14H18N2O5. The van der Waals surface area contributed by atoms with Gasteiger partial charge in [0.2, 0.25) is 5.91 Å². The highest BCUT2D eigenvalue weighted by Crippen LogP contribution is 2.37. The standard InChI is InChI=1S/C14H18N2O5/c1-7-8(2)21-9(3)12(7)14(18)15-13-10(16(19)20)5-4-6-11(13)17/h4-9,12,17H,1-3H3,(H,15,18). The van der Waals surface area contributed by atoms with Crippen LogP contribution >= 0.6 is 0 Å². The van der Waals surface area contributed by atoms with Crippen LogP contribution in [0.1, 0.15) is 20.8 Å². The molecule has 4 unspecified atom stereocenters. The van der Waals surface area contributed by atoms with Gasteiger partial charge in [-0.25, -0.2) is 0 Å². The summed E-state index contributed by atoms with van der Waals surface area (Å²) in [5.41, 5.74) is -0.512. The number of nitrogens with one attached hydrogen (secondary N) is 1. The smallest absolute Gasteiger partial charge is 0.296 e. The maximum absolute atomic E-state index is 12.4. The van der Waals surface area contributed by atoms with Crippen LogP contribution in [0.15, 0.2) is 18.2 Å². The van der Waals surface area contributed by atoms with E-state index in [1.165, 1.54) is 18.2 Å². The topological polar surface area (TPSA) is 102 Å². The monoisotopic (exact) mass is 294 g/mol. The first-order valence-corrected chi connectivity index (χ1v) is 6.75. The number of carbonyl (C=O) groups is 1. The van der Waals surface area contributed by atoms with E-state index in [-0.39, 0.29) is 41.2 Å². The van der Waals surface area contributed by atoms with Crippen molar-refractivity contribution in [2.75, 3.05) is 5.32 Å². The summed E-state index contributed by atoms with van der Waals surface area (Å²) in [7, 11) is 0. The Kier molecular flexibility index (Phi) is 4.13. The molecule has 21 heavy (non-hydrogen) atoms.